The lowest BCUT2D eigenvalue weighted by Crippen LogP contribution is -2.56. The zero-order chi connectivity index (χ0) is 29.7. The number of rotatable bonds is 10. The van der Waals surface area contributed by atoms with E-state index in [1.165, 1.54) is 4.90 Å². The number of nitrogens with one attached hydrogen (secondary N) is 1. The number of aryl methyl sites for hydroxylation is 1. The highest BCUT2D eigenvalue weighted by atomic mass is 35.5. The van der Waals surface area contributed by atoms with E-state index in [1.54, 1.807) is 25.1 Å². The van der Waals surface area contributed by atoms with Crippen LogP contribution in [0.4, 0.5) is 5.69 Å². The molecule has 0 aliphatic rings. The van der Waals surface area contributed by atoms with Crippen molar-refractivity contribution in [2.24, 2.45) is 0 Å². The number of sulfonamides is 1. The highest BCUT2D eigenvalue weighted by Crippen LogP contribution is 2.29. The summed E-state index contributed by atoms with van der Waals surface area (Å²) in [7, 11) is -3.87. The fourth-order valence-electron chi connectivity index (χ4n) is 4.44. The van der Waals surface area contributed by atoms with E-state index in [0.717, 1.165) is 27.3 Å². The Bertz CT molecular complexity index is 1450. The molecule has 0 aliphatic carbocycles. The quantitative estimate of drug-likeness (QED) is 0.352. The van der Waals surface area contributed by atoms with Gasteiger partial charge in [0.25, 0.3) is 0 Å². The summed E-state index contributed by atoms with van der Waals surface area (Å²) in [5, 5.41) is 3.42. The van der Waals surface area contributed by atoms with E-state index in [4.69, 9.17) is 11.6 Å². The molecule has 0 radical (unpaired) electrons. The van der Waals surface area contributed by atoms with Crippen LogP contribution in [0.5, 0.6) is 0 Å². The van der Waals surface area contributed by atoms with Gasteiger partial charge < -0.3 is 10.2 Å². The average Bonchev–Trinajstić information content (AvgIpc) is 2.86. The third-order valence-electron chi connectivity index (χ3n) is 6.56. The molecule has 0 aromatic heterocycles. The van der Waals surface area contributed by atoms with E-state index >= 15 is 0 Å². The zero-order valence-corrected chi connectivity index (χ0v) is 25.5. The largest absolute Gasteiger partial charge is 0.350 e. The zero-order valence-electron chi connectivity index (χ0n) is 23.9. The first-order valence-electron chi connectivity index (χ1n) is 13.1. The summed E-state index contributed by atoms with van der Waals surface area (Å²) in [5.41, 5.74) is 3.02. The molecule has 0 aliphatic heterocycles. The number of amides is 2. The minimum Gasteiger partial charge on any atom is -0.350 e. The second-order valence-corrected chi connectivity index (χ2v) is 13.4. The minimum absolute atomic E-state index is 0.132. The number of carbonyl (C=O) groups is 2. The van der Waals surface area contributed by atoms with E-state index in [-0.39, 0.29) is 18.9 Å². The molecule has 1 atom stereocenters. The second kappa shape index (κ2) is 12.9. The van der Waals surface area contributed by atoms with Crippen molar-refractivity contribution in [2.45, 2.75) is 59.2 Å². The molecule has 40 heavy (non-hydrogen) atoms. The molecule has 0 saturated carbocycles. The first kappa shape index (κ1) is 31.2. The maximum Gasteiger partial charge on any atom is 0.244 e. The molecule has 0 spiro atoms. The highest BCUT2D eigenvalue weighted by Gasteiger charge is 2.34. The molecular formula is C31H38ClN3O4S. The van der Waals surface area contributed by atoms with E-state index in [1.807, 2.05) is 82.3 Å². The Balaban J connectivity index is 2.11. The van der Waals surface area contributed by atoms with Crippen LogP contribution < -0.4 is 9.62 Å². The Labute approximate surface area is 243 Å². The van der Waals surface area contributed by atoms with Crippen molar-refractivity contribution in [1.29, 1.82) is 0 Å². The van der Waals surface area contributed by atoms with Gasteiger partial charge in [0.05, 0.1) is 11.9 Å². The first-order chi connectivity index (χ1) is 18.7. The summed E-state index contributed by atoms with van der Waals surface area (Å²) < 4.78 is 27.0. The van der Waals surface area contributed by atoms with Crippen LogP contribution in [0.1, 0.15) is 43.0 Å². The number of halogens is 1. The maximum absolute atomic E-state index is 14.2. The van der Waals surface area contributed by atoms with Gasteiger partial charge in [-0.1, -0.05) is 72.3 Å². The molecule has 3 aromatic carbocycles. The van der Waals surface area contributed by atoms with E-state index < -0.39 is 34.1 Å². The van der Waals surface area contributed by atoms with Crippen LogP contribution in [0.2, 0.25) is 5.02 Å². The maximum atomic E-state index is 14.2. The molecule has 0 bridgehead atoms. The van der Waals surface area contributed by atoms with Gasteiger partial charge >= 0.3 is 0 Å². The number of hydrogen-bond donors (Lipinski definition) is 1. The van der Waals surface area contributed by atoms with Crippen molar-refractivity contribution in [3.63, 3.8) is 0 Å². The molecule has 0 unspecified atom stereocenters. The van der Waals surface area contributed by atoms with Gasteiger partial charge in [0.2, 0.25) is 21.8 Å². The molecule has 9 heteroatoms. The second-order valence-electron chi connectivity index (χ2n) is 11.0. The SMILES string of the molecule is Cc1ccccc1CN(C(=O)CN(c1cccc(Cl)c1C)S(C)(=O)=O)[C@H](Cc1ccccc1)C(=O)NC(C)(C)C. The van der Waals surface area contributed by atoms with E-state index in [0.29, 0.717) is 16.3 Å². The standard InChI is InChI=1S/C31H38ClN3O4S/c1-22-13-10-11-16-25(22)20-34(28(30(37)33-31(3,4)5)19-24-14-8-7-9-15-24)29(36)21-35(40(6,38)39)27-18-12-17-26(32)23(27)2/h7-18,28H,19-21H2,1-6H3,(H,33,37)/t28-/m1/s1. The summed E-state index contributed by atoms with van der Waals surface area (Å²) in [4.78, 5) is 29.5. The molecule has 1 N–H and O–H groups in total. The van der Waals surface area contributed by atoms with Crippen LogP contribution in [0.25, 0.3) is 0 Å². The lowest BCUT2D eigenvalue weighted by Gasteiger charge is -2.35. The minimum atomic E-state index is -3.87. The van der Waals surface area contributed by atoms with E-state index in [2.05, 4.69) is 5.32 Å². The number of anilines is 1. The van der Waals surface area contributed by atoms with Crippen molar-refractivity contribution >= 4 is 39.1 Å². The van der Waals surface area contributed by atoms with Gasteiger partial charge in [0.1, 0.15) is 12.6 Å². The van der Waals surface area contributed by atoms with Crippen molar-refractivity contribution in [3.05, 3.63) is 100 Å². The summed E-state index contributed by atoms with van der Waals surface area (Å²) >= 11 is 6.31. The average molecular weight is 584 g/mol. The van der Waals surface area contributed by atoms with Crippen LogP contribution in [0, 0.1) is 13.8 Å². The number of hydrogen-bond acceptors (Lipinski definition) is 4. The van der Waals surface area contributed by atoms with Gasteiger partial charge in [-0.2, -0.15) is 0 Å². The van der Waals surface area contributed by atoms with Gasteiger partial charge in [-0.05, 0) is 69.0 Å². The van der Waals surface area contributed by atoms with Crippen LogP contribution in [-0.4, -0.2) is 49.5 Å². The summed E-state index contributed by atoms with van der Waals surface area (Å²) in [5.74, 6) is -0.818. The predicted octanol–water partition coefficient (Wildman–Crippen LogP) is 5.28. The third kappa shape index (κ3) is 8.32. The Morgan fingerprint density at radius 3 is 2.15 bits per heavy atom. The third-order valence-corrected chi connectivity index (χ3v) is 8.09. The number of carbonyl (C=O) groups excluding carboxylic acids is 2. The Morgan fingerprint density at radius 2 is 1.55 bits per heavy atom. The molecule has 3 rings (SSSR count). The number of nitrogens with zero attached hydrogens (tertiary/aromatic N) is 2. The van der Waals surface area contributed by atoms with Gasteiger partial charge in [-0.25, -0.2) is 8.42 Å². The monoisotopic (exact) mass is 583 g/mol. The lowest BCUT2D eigenvalue weighted by molar-refractivity contribution is -0.140. The van der Waals surface area contributed by atoms with Crippen LogP contribution >= 0.6 is 11.6 Å². The van der Waals surface area contributed by atoms with Crippen molar-refractivity contribution in [2.75, 3.05) is 17.1 Å². The van der Waals surface area contributed by atoms with Gasteiger partial charge in [-0.15, -0.1) is 0 Å². The summed E-state index contributed by atoms with van der Waals surface area (Å²) in [6, 6.07) is 21.2. The molecular weight excluding hydrogens is 546 g/mol. The normalized spacial score (nSPS) is 12.5. The van der Waals surface area contributed by atoms with Crippen molar-refractivity contribution in [3.8, 4) is 0 Å². The lowest BCUT2D eigenvalue weighted by atomic mass is 10.00. The summed E-state index contributed by atoms with van der Waals surface area (Å²) in [6.07, 6.45) is 1.31. The summed E-state index contributed by atoms with van der Waals surface area (Å²) in [6.45, 7) is 8.94. The van der Waals surface area contributed by atoms with Crippen LogP contribution in [-0.2, 0) is 32.6 Å². The molecule has 0 saturated heterocycles. The molecule has 3 aromatic rings. The molecule has 7 nitrogen and oxygen atoms in total. The van der Waals surface area contributed by atoms with Crippen molar-refractivity contribution in [1.82, 2.24) is 10.2 Å². The highest BCUT2D eigenvalue weighted by molar-refractivity contribution is 7.92. The van der Waals surface area contributed by atoms with Gasteiger partial charge in [-0.3, -0.25) is 13.9 Å². The van der Waals surface area contributed by atoms with Gasteiger partial charge in [0, 0.05) is 23.5 Å². The van der Waals surface area contributed by atoms with Crippen LogP contribution in [0.15, 0.2) is 72.8 Å². The smallest absolute Gasteiger partial charge is 0.244 e. The fourth-order valence-corrected chi connectivity index (χ4v) is 5.51. The Hall–Kier alpha value is -3.36. The molecule has 214 valence electrons. The van der Waals surface area contributed by atoms with Crippen molar-refractivity contribution < 1.29 is 18.0 Å². The first-order valence-corrected chi connectivity index (χ1v) is 15.3. The molecule has 0 heterocycles. The van der Waals surface area contributed by atoms with Gasteiger partial charge in [0.15, 0.2) is 0 Å². The Kier molecular flexibility index (Phi) is 10.0. The number of benzene rings is 3. The van der Waals surface area contributed by atoms with E-state index in [9.17, 15) is 18.0 Å². The molecule has 0 fully saturated rings. The molecule has 2 amide bonds. The topological polar surface area (TPSA) is 86.8 Å². The van der Waals surface area contributed by atoms with Crippen LogP contribution in [0.3, 0.4) is 0 Å². The predicted molar refractivity (Wildman–Crippen MR) is 162 cm³/mol. The Morgan fingerprint density at radius 1 is 0.925 bits per heavy atom. The fraction of sp³-hybridized carbons (Fsp3) is 0.355.